The molecule has 0 N–H and O–H groups in total. The number of amides is 1. The highest BCUT2D eigenvalue weighted by molar-refractivity contribution is 7.93. The van der Waals surface area contributed by atoms with E-state index < -0.39 is 14.6 Å². The van der Waals surface area contributed by atoms with Crippen molar-refractivity contribution in [3.63, 3.8) is 0 Å². The number of hydrogen-bond acceptors (Lipinski definition) is 5. The standard InChI is InChI=1S/C19H28N2O4S/c1-15(2)6-7-18(22)21-13-19(14-21)16(8-10-26(19,23)24)11-25-12-17-5-3-4-9-20-17/h3-5,9,15-16H,6-8,10-14H2,1-2H3/t16-/m1/s1. The van der Waals surface area contributed by atoms with E-state index in [1.165, 1.54) is 0 Å². The van der Waals surface area contributed by atoms with Crippen molar-refractivity contribution < 1.29 is 17.9 Å². The molecule has 1 aromatic heterocycles. The van der Waals surface area contributed by atoms with Crippen LogP contribution in [0.25, 0.3) is 0 Å². The summed E-state index contributed by atoms with van der Waals surface area (Å²) in [5, 5.41) is 0. The fourth-order valence-corrected chi connectivity index (χ4v) is 6.24. The molecular formula is C19H28N2O4S. The lowest BCUT2D eigenvalue weighted by Crippen LogP contribution is -2.68. The zero-order valence-electron chi connectivity index (χ0n) is 15.6. The highest BCUT2D eigenvalue weighted by atomic mass is 32.2. The third-order valence-corrected chi connectivity index (χ3v) is 8.20. The predicted molar refractivity (Wildman–Crippen MR) is 99.2 cm³/mol. The van der Waals surface area contributed by atoms with E-state index in [1.54, 1.807) is 11.1 Å². The van der Waals surface area contributed by atoms with Gasteiger partial charge in [0.2, 0.25) is 5.91 Å². The maximum atomic E-state index is 12.6. The van der Waals surface area contributed by atoms with Gasteiger partial charge in [0.15, 0.2) is 9.84 Å². The topological polar surface area (TPSA) is 76.6 Å². The summed E-state index contributed by atoms with van der Waals surface area (Å²) in [6.45, 7) is 5.59. The molecule has 3 rings (SSSR count). The summed E-state index contributed by atoms with van der Waals surface area (Å²) < 4.78 is 30.2. The lowest BCUT2D eigenvalue weighted by molar-refractivity contribution is -0.138. The van der Waals surface area contributed by atoms with Crippen LogP contribution < -0.4 is 0 Å². The summed E-state index contributed by atoms with van der Waals surface area (Å²) in [5.74, 6) is 0.681. The molecule has 2 aliphatic rings. The highest BCUT2D eigenvalue weighted by Gasteiger charge is 2.62. The number of carbonyl (C=O) groups excluding carboxylic acids is 1. The van der Waals surface area contributed by atoms with E-state index in [-0.39, 0.29) is 17.6 Å². The Kier molecular flexibility index (Phi) is 5.67. The van der Waals surface area contributed by atoms with Crippen molar-refractivity contribution in [1.29, 1.82) is 0 Å². The fourth-order valence-electron chi connectivity index (χ4n) is 3.84. The number of pyridine rings is 1. The van der Waals surface area contributed by atoms with Crippen molar-refractivity contribution in [2.75, 3.05) is 25.4 Å². The molecular weight excluding hydrogens is 352 g/mol. The summed E-state index contributed by atoms with van der Waals surface area (Å²) in [6, 6.07) is 5.64. The number of rotatable bonds is 7. The molecule has 0 aliphatic carbocycles. The van der Waals surface area contributed by atoms with E-state index >= 15 is 0 Å². The van der Waals surface area contributed by atoms with Gasteiger partial charge in [0.05, 0.1) is 24.7 Å². The molecule has 2 fully saturated rings. The Balaban J connectivity index is 1.57. The Morgan fingerprint density at radius 1 is 1.38 bits per heavy atom. The summed E-state index contributed by atoms with van der Waals surface area (Å²) in [7, 11) is -3.18. The third-order valence-electron chi connectivity index (χ3n) is 5.60. The van der Waals surface area contributed by atoms with E-state index in [0.717, 1.165) is 12.1 Å². The molecule has 0 radical (unpaired) electrons. The van der Waals surface area contributed by atoms with Crippen LogP contribution in [0, 0.1) is 11.8 Å². The number of aromatic nitrogens is 1. The number of carbonyl (C=O) groups is 1. The van der Waals surface area contributed by atoms with Gasteiger partial charge in [-0.15, -0.1) is 0 Å². The number of hydrogen-bond donors (Lipinski definition) is 0. The van der Waals surface area contributed by atoms with E-state index in [9.17, 15) is 13.2 Å². The van der Waals surface area contributed by atoms with Crippen molar-refractivity contribution in [3.05, 3.63) is 30.1 Å². The monoisotopic (exact) mass is 380 g/mol. The van der Waals surface area contributed by atoms with Crippen LogP contribution in [0.15, 0.2) is 24.4 Å². The van der Waals surface area contributed by atoms with Crippen LogP contribution in [0.4, 0.5) is 0 Å². The first-order valence-electron chi connectivity index (χ1n) is 9.32. The van der Waals surface area contributed by atoms with Crippen LogP contribution in [0.5, 0.6) is 0 Å². The molecule has 0 saturated carbocycles. The molecule has 1 aromatic rings. The quantitative estimate of drug-likeness (QED) is 0.724. The third kappa shape index (κ3) is 3.78. The van der Waals surface area contributed by atoms with Crippen LogP contribution in [0.2, 0.25) is 0 Å². The zero-order chi connectivity index (χ0) is 18.8. The van der Waals surface area contributed by atoms with Gasteiger partial charge in [0.25, 0.3) is 0 Å². The van der Waals surface area contributed by atoms with Crippen LogP contribution in [0.1, 0.15) is 38.8 Å². The normalized spacial score (nSPS) is 23.3. The van der Waals surface area contributed by atoms with Gasteiger partial charge < -0.3 is 9.64 Å². The molecule has 2 aliphatic heterocycles. The van der Waals surface area contributed by atoms with Crippen LogP contribution in [-0.4, -0.2) is 54.4 Å². The highest BCUT2D eigenvalue weighted by Crippen LogP contribution is 2.45. The van der Waals surface area contributed by atoms with Gasteiger partial charge in [-0.3, -0.25) is 9.78 Å². The van der Waals surface area contributed by atoms with E-state index in [1.807, 2.05) is 18.2 Å². The fraction of sp³-hybridized carbons (Fsp3) is 0.684. The largest absolute Gasteiger partial charge is 0.375 e. The Bertz CT molecular complexity index is 727. The molecule has 1 atom stereocenters. The summed E-state index contributed by atoms with van der Waals surface area (Å²) >= 11 is 0. The van der Waals surface area contributed by atoms with Crippen molar-refractivity contribution in [1.82, 2.24) is 9.88 Å². The minimum atomic E-state index is -3.18. The Morgan fingerprint density at radius 3 is 2.81 bits per heavy atom. The molecule has 0 bridgehead atoms. The molecule has 2 saturated heterocycles. The van der Waals surface area contributed by atoms with Crippen LogP contribution in [0.3, 0.4) is 0 Å². The SMILES string of the molecule is CC(C)CCC(=O)N1CC2(C1)[C@@H](COCc1ccccn1)CCS2(=O)=O. The molecule has 6 nitrogen and oxygen atoms in total. The van der Waals surface area contributed by atoms with E-state index in [0.29, 0.717) is 45.1 Å². The van der Waals surface area contributed by atoms with E-state index in [2.05, 4.69) is 18.8 Å². The molecule has 144 valence electrons. The summed E-state index contributed by atoms with van der Waals surface area (Å²) in [6.07, 6.45) is 3.66. The Hall–Kier alpha value is -1.47. The average molecular weight is 381 g/mol. The smallest absolute Gasteiger partial charge is 0.222 e. The number of sulfone groups is 1. The van der Waals surface area contributed by atoms with Crippen LogP contribution in [-0.2, 0) is 26.0 Å². The van der Waals surface area contributed by atoms with Crippen molar-refractivity contribution in [2.24, 2.45) is 11.8 Å². The first kappa shape index (κ1) is 19.3. The van der Waals surface area contributed by atoms with Gasteiger partial charge in [-0.1, -0.05) is 19.9 Å². The molecule has 1 amide bonds. The minimum Gasteiger partial charge on any atom is -0.375 e. The van der Waals surface area contributed by atoms with Gasteiger partial charge >= 0.3 is 0 Å². The predicted octanol–water partition coefficient (Wildman–Crippen LogP) is 2.05. The Labute approximate surface area is 155 Å². The van der Waals surface area contributed by atoms with Gasteiger partial charge in [0, 0.05) is 31.6 Å². The summed E-state index contributed by atoms with van der Waals surface area (Å²) in [4.78, 5) is 18.2. The maximum absolute atomic E-state index is 12.6. The lowest BCUT2D eigenvalue weighted by Gasteiger charge is -2.50. The van der Waals surface area contributed by atoms with Crippen molar-refractivity contribution in [3.8, 4) is 0 Å². The molecule has 0 unspecified atom stereocenters. The first-order valence-corrected chi connectivity index (χ1v) is 11.0. The second kappa shape index (κ2) is 7.64. The lowest BCUT2D eigenvalue weighted by atomic mass is 9.83. The second-order valence-corrected chi connectivity index (χ2v) is 10.3. The van der Waals surface area contributed by atoms with Crippen molar-refractivity contribution >= 4 is 15.7 Å². The number of ether oxygens (including phenoxy) is 1. The summed E-state index contributed by atoms with van der Waals surface area (Å²) in [5.41, 5.74) is 0.835. The molecule has 0 aromatic carbocycles. The molecule has 1 spiro atoms. The minimum absolute atomic E-state index is 0.0506. The molecule has 7 heteroatoms. The van der Waals surface area contributed by atoms with Gasteiger partial charge in [0.1, 0.15) is 4.75 Å². The first-order chi connectivity index (χ1) is 12.3. The van der Waals surface area contributed by atoms with E-state index in [4.69, 9.17) is 4.74 Å². The zero-order valence-corrected chi connectivity index (χ0v) is 16.4. The van der Waals surface area contributed by atoms with Gasteiger partial charge in [-0.25, -0.2) is 8.42 Å². The maximum Gasteiger partial charge on any atom is 0.222 e. The Morgan fingerprint density at radius 2 is 2.15 bits per heavy atom. The average Bonchev–Trinajstić information content (AvgIpc) is 2.83. The van der Waals surface area contributed by atoms with Crippen molar-refractivity contribution in [2.45, 2.75) is 44.5 Å². The second-order valence-electron chi connectivity index (χ2n) is 7.89. The van der Waals surface area contributed by atoms with Crippen LogP contribution >= 0.6 is 0 Å². The van der Waals surface area contributed by atoms with Gasteiger partial charge in [-0.05, 0) is 30.9 Å². The van der Waals surface area contributed by atoms with Gasteiger partial charge in [-0.2, -0.15) is 0 Å². The number of nitrogens with zero attached hydrogens (tertiary/aromatic N) is 2. The molecule has 26 heavy (non-hydrogen) atoms. The number of likely N-dealkylation sites (tertiary alicyclic amines) is 1. The molecule has 3 heterocycles.